The van der Waals surface area contributed by atoms with E-state index in [4.69, 9.17) is 4.74 Å². The van der Waals surface area contributed by atoms with Crippen LogP contribution in [-0.4, -0.2) is 17.5 Å². The van der Waals surface area contributed by atoms with Gasteiger partial charge in [0.05, 0.1) is 5.60 Å². The van der Waals surface area contributed by atoms with Gasteiger partial charge in [-0.3, -0.25) is 0 Å². The van der Waals surface area contributed by atoms with Crippen molar-refractivity contribution < 1.29 is 9.53 Å². The Morgan fingerprint density at radius 3 is 2.46 bits per heavy atom. The van der Waals surface area contributed by atoms with Gasteiger partial charge in [-0.2, -0.15) is 0 Å². The molecular weight excluding hydrogens is 164 g/mol. The maximum atomic E-state index is 10.8. The van der Waals surface area contributed by atoms with Crippen molar-refractivity contribution in [3.8, 4) is 0 Å². The molecule has 1 aliphatic carbocycles. The Morgan fingerprint density at radius 1 is 1.38 bits per heavy atom. The number of hydrogen-bond donors (Lipinski definition) is 0. The van der Waals surface area contributed by atoms with Crippen LogP contribution in [0.3, 0.4) is 0 Å². The van der Waals surface area contributed by atoms with Crippen LogP contribution in [0.5, 0.6) is 0 Å². The lowest BCUT2D eigenvalue weighted by Crippen LogP contribution is -2.52. The second kappa shape index (κ2) is 2.57. The molecule has 4 atom stereocenters. The fraction of sp³-hybridized carbons (Fsp3) is 0.909. The molecule has 0 N–H and O–H groups in total. The first-order valence-corrected chi connectivity index (χ1v) is 5.18. The van der Waals surface area contributed by atoms with Crippen LogP contribution in [0.1, 0.15) is 40.0 Å². The van der Waals surface area contributed by atoms with Gasteiger partial charge in [0, 0.05) is 0 Å². The molecule has 2 fully saturated rings. The third-order valence-electron chi connectivity index (χ3n) is 4.08. The van der Waals surface area contributed by atoms with Gasteiger partial charge in [0.2, 0.25) is 0 Å². The molecular formula is C11H18O2. The molecule has 1 aliphatic heterocycles. The monoisotopic (exact) mass is 182 g/mol. The number of carbonyl (C=O) groups excluding carboxylic acids is 1. The fourth-order valence-corrected chi connectivity index (χ4v) is 2.84. The lowest BCUT2D eigenvalue weighted by molar-refractivity contribution is -0.186. The quantitative estimate of drug-likeness (QED) is 0.581. The van der Waals surface area contributed by atoms with Crippen molar-refractivity contribution in [2.45, 2.75) is 51.2 Å². The van der Waals surface area contributed by atoms with Gasteiger partial charge >= 0.3 is 0 Å². The topological polar surface area (TPSA) is 26.3 Å². The van der Waals surface area contributed by atoms with E-state index in [9.17, 15) is 4.79 Å². The second-order valence-electron chi connectivity index (χ2n) is 5.07. The van der Waals surface area contributed by atoms with Crippen LogP contribution < -0.4 is 0 Å². The van der Waals surface area contributed by atoms with Crippen molar-refractivity contribution in [1.29, 1.82) is 0 Å². The first kappa shape index (κ1) is 9.20. The molecule has 74 valence electrons. The van der Waals surface area contributed by atoms with Gasteiger partial charge in [0.1, 0.15) is 5.60 Å². The van der Waals surface area contributed by atoms with Gasteiger partial charge in [-0.15, -0.1) is 0 Å². The predicted molar refractivity (Wildman–Crippen MR) is 50.5 cm³/mol. The highest BCUT2D eigenvalue weighted by Gasteiger charge is 2.57. The van der Waals surface area contributed by atoms with Crippen LogP contribution in [0.25, 0.3) is 0 Å². The summed E-state index contributed by atoms with van der Waals surface area (Å²) in [5.74, 6) is 1.38. The Hall–Kier alpha value is -0.370. The number of hydrogen-bond acceptors (Lipinski definition) is 2. The van der Waals surface area contributed by atoms with E-state index in [1.807, 2.05) is 6.92 Å². The third-order valence-corrected chi connectivity index (χ3v) is 4.08. The van der Waals surface area contributed by atoms with Crippen molar-refractivity contribution in [2.75, 3.05) is 0 Å². The van der Waals surface area contributed by atoms with E-state index in [2.05, 4.69) is 13.8 Å². The van der Waals surface area contributed by atoms with Gasteiger partial charge in [-0.05, 0) is 38.0 Å². The third kappa shape index (κ3) is 1.15. The molecule has 1 saturated carbocycles. The van der Waals surface area contributed by atoms with E-state index in [0.717, 1.165) is 31.5 Å². The van der Waals surface area contributed by atoms with Gasteiger partial charge in [0.15, 0.2) is 6.29 Å². The molecule has 4 unspecified atom stereocenters. The molecule has 1 saturated heterocycles. The summed E-state index contributed by atoms with van der Waals surface area (Å²) >= 11 is 0. The molecule has 0 aromatic carbocycles. The van der Waals surface area contributed by atoms with Gasteiger partial charge in [-0.1, -0.05) is 13.8 Å². The van der Waals surface area contributed by atoms with E-state index < -0.39 is 5.60 Å². The standard InChI is InChI=1S/C11H18O2/c1-8-6-11(9(8)2)5-4-10(3,7-12)13-11/h7-9H,4-6H2,1-3H3. The van der Waals surface area contributed by atoms with Crippen LogP contribution in [-0.2, 0) is 9.53 Å². The Morgan fingerprint density at radius 2 is 2.08 bits per heavy atom. The van der Waals surface area contributed by atoms with Crippen LogP contribution >= 0.6 is 0 Å². The molecule has 1 spiro atoms. The minimum Gasteiger partial charge on any atom is -0.361 e. The van der Waals surface area contributed by atoms with Crippen molar-refractivity contribution in [1.82, 2.24) is 0 Å². The molecule has 2 aliphatic rings. The van der Waals surface area contributed by atoms with E-state index in [0.29, 0.717) is 5.92 Å². The molecule has 0 aromatic rings. The van der Waals surface area contributed by atoms with Crippen LogP contribution in [0.15, 0.2) is 0 Å². The van der Waals surface area contributed by atoms with Gasteiger partial charge in [-0.25, -0.2) is 0 Å². The Bertz CT molecular complexity index is 238. The zero-order valence-corrected chi connectivity index (χ0v) is 8.67. The van der Waals surface area contributed by atoms with E-state index in [1.54, 1.807) is 0 Å². The number of carbonyl (C=O) groups is 1. The van der Waals surface area contributed by atoms with Crippen molar-refractivity contribution in [3.05, 3.63) is 0 Å². The summed E-state index contributed by atoms with van der Waals surface area (Å²) in [6, 6.07) is 0. The first-order valence-electron chi connectivity index (χ1n) is 5.18. The summed E-state index contributed by atoms with van der Waals surface area (Å²) in [7, 11) is 0. The zero-order chi connectivity index (χ0) is 9.69. The summed E-state index contributed by atoms with van der Waals surface area (Å²) in [5.41, 5.74) is -0.441. The fourth-order valence-electron chi connectivity index (χ4n) is 2.84. The second-order valence-corrected chi connectivity index (χ2v) is 5.07. The maximum absolute atomic E-state index is 10.8. The number of ether oxygens (including phenoxy) is 1. The highest BCUT2D eigenvalue weighted by Crippen LogP contribution is 2.55. The number of aldehydes is 1. The summed E-state index contributed by atoms with van der Waals surface area (Å²) in [6.45, 7) is 6.41. The number of rotatable bonds is 1. The summed E-state index contributed by atoms with van der Waals surface area (Å²) in [4.78, 5) is 10.8. The maximum Gasteiger partial charge on any atom is 0.151 e. The highest BCUT2D eigenvalue weighted by atomic mass is 16.5. The lowest BCUT2D eigenvalue weighted by Gasteiger charge is -2.50. The molecule has 2 rings (SSSR count). The zero-order valence-electron chi connectivity index (χ0n) is 8.67. The predicted octanol–water partition coefficient (Wildman–Crippen LogP) is 2.17. The first-order chi connectivity index (χ1) is 6.01. The molecule has 0 radical (unpaired) electrons. The van der Waals surface area contributed by atoms with Crippen molar-refractivity contribution in [2.24, 2.45) is 11.8 Å². The lowest BCUT2D eigenvalue weighted by atomic mass is 9.62. The molecule has 13 heavy (non-hydrogen) atoms. The summed E-state index contributed by atoms with van der Waals surface area (Å²) < 4.78 is 5.94. The minimum atomic E-state index is -0.492. The van der Waals surface area contributed by atoms with Crippen LogP contribution in [0.2, 0.25) is 0 Å². The normalized spacial score (nSPS) is 55.0. The van der Waals surface area contributed by atoms with Gasteiger partial charge in [0.25, 0.3) is 0 Å². The minimum absolute atomic E-state index is 0.0507. The highest BCUT2D eigenvalue weighted by molar-refractivity contribution is 5.62. The Labute approximate surface area is 79.7 Å². The molecule has 2 heteroatoms. The van der Waals surface area contributed by atoms with Crippen LogP contribution in [0.4, 0.5) is 0 Å². The summed E-state index contributed by atoms with van der Waals surface area (Å²) in [6.07, 6.45) is 4.07. The average Bonchev–Trinajstić information content (AvgIpc) is 2.47. The van der Waals surface area contributed by atoms with Crippen LogP contribution in [0, 0.1) is 11.8 Å². The largest absolute Gasteiger partial charge is 0.361 e. The van der Waals surface area contributed by atoms with E-state index in [-0.39, 0.29) is 5.60 Å². The molecule has 1 heterocycles. The molecule has 2 nitrogen and oxygen atoms in total. The Kier molecular flexibility index (Phi) is 1.82. The summed E-state index contributed by atoms with van der Waals surface area (Å²) in [5, 5.41) is 0. The van der Waals surface area contributed by atoms with Crippen molar-refractivity contribution >= 4 is 6.29 Å². The van der Waals surface area contributed by atoms with E-state index >= 15 is 0 Å². The molecule has 0 bridgehead atoms. The SMILES string of the molecule is CC1CC2(CCC(C)(C=O)O2)C1C. The smallest absolute Gasteiger partial charge is 0.151 e. The molecule has 0 aromatic heterocycles. The van der Waals surface area contributed by atoms with Gasteiger partial charge < -0.3 is 9.53 Å². The van der Waals surface area contributed by atoms with Crippen molar-refractivity contribution in [3.63, 3.8) is 0 Å². The average molecular weight is 182 g/mol. The molecule has 0 amide bonds. The van der Waals surface area contributed by atoms with E-state index in [1.165, 1.54) is 0 Å². The Balaban J connectivity index is 2.10.